The second kappa shape index (κ2) is 8.53. The first kappa shape index (κ1) is 21.9. The number of hydrogen-bond acceptors (Lipinski definition) is 6. The van der Waals surface area contributed by atoms with Gasteiger partial charge in [-0.25, -0.2) is 8.42 Å². The predicted octanol–water partition coefficient (Wildman–Crippen LogP) is 3.03. The maximum atomic E-state index is 13.0. The number of methoxy groups -OCH3 is 1. The molecule has 0 bridgehead atoms. The highest BCUT2D eigenvalue weighted by Gasteiger charge is 2.21. The Bertz CT molecular complexity index is 1320. The third kappa shape index (κ3) is 4.22. The third-order valence-electron chi connectivity index (χ3n) is 4.66. The first-order valence-electron chi connectivity index (χ1n) is 9.26. The number of ether oxygens (including phenoxy) is 1. The minimum atomic E-state index is -3.59. The number of aryl methyl sites for hydroxylation is 2. The number of carbonyl (C=O) groups excluding carboxylic acids is 2. The number of sulfone groups is 1. The average molecular weight is 447 g/mol. The fourth-order valence-electron chi connectivity index (χ4n) is 3.16. The van der Waals surface area contributed by atoms with E-state index in [1.54, 1.807) is 16.7 Å². The minimum absolute atomic E-state index is 0.00864. The van der Waals surface area contributed by atoms with E-state index in [4.69, 9.17) is 4.74 Å². The lowest BCUT2D eigenvalue weighted by Crippen LogP contribution is -2.23. The number of amides is 1. The molecule has 0 unspecified atom stereocenters. The van der Waals surface area contributed by atoms with Gasteiger partial charge in [0.2, 0.25) is 0 Å². The van der Waals surface area contributed by atoms with Gasteiger partial charge in [0, 0.05) is 0 Å². The third-order valence-corrected chi connectivity index (χ3v) is 7.67. The van der Waals surface area contributed by atoms with Gasteiger partial charge in [-0.15, -0.1) is 0 Å². The van der Waals surface area contributed by atoms with Gasteiger partial charge in [-0.2, -0.15) is 4.99 Å². The second-order valence-corrected chi connectivity index (χ2v) is 10.0. The molecule has 158 valence electrons. The molecule has 0 atom stereocenters. The highest BCUT2D eigenvalue weighted by molar-refractivity contribution is 7.91. The van der Waals surface area contributed by atoms with E-state index >= 15 is 0 Å². The van der Waals surface area contributed by atoms with Gasteiger partial charge >= 0.3 is 5.97 Å². The molecular formula is C21H22N2O5S2. The number of benzene rings is 2. The van der Waals surface area contributed by atoms with Crippen molar-refractivity contribution in [3.8, 4) is 0 Å². The van der Waals surface area contributed by atoms with Gasteiger partial charge in [0.25, 0.3) is 5.91 Å². The van der Waals surface area contributed by atoms with Crippen LogP contribution in [0.5, 0.6) is 0 Å². The van der Waals surface area contributed by atoms with Gasteiger partial charge in [-0.1, -0.05) is 36.5 Å². The van der Waals surface area contributed by atoms with Crippen molar-refractivity contribution in [2.24, 2.45) is 4.99 Å². The molecule has 2 aromatic carbocycles. The molecule has 1 aromatic heterocycles. The monoisotopic (exact) mass is 446 g/mol. The van der Waals surface area contributed by atoms with Gasteiger partial charge in [0.1, 0.15) is 6.54 Å². The molecule has 30 heavy (non-hydrogen) atoms. The normalized spacial score (nSPS) is 12.3. The molecule has 1 amide bonds. The van der Waals surface area contributed by atoms with E-state index in [-0.39, 0.29) is 22.8 Å². The molecule has 0 saturated heterocycles. The lowest BCUT2D eigenvalue weighted by atomic mass is 10.1. The molecule has 0 N–H and O–H groups in total. The van der Waals surface area contributed by atoms with Crippen LogP contribution < -0.4 is 4.80 Å². The summed E-state index contributed by atoms with van der Waals surface area (Å²) in [6.07, 6.45) is 0. The zero-order valence-electron chi connectivity index (χ0n) is 17.1. The molecule has 3 aromatic rings. The van der Waals surface area contributed by atoms with Crippen molar-refractivity contribution in [3.05, 3.63) is 57.9 Å². The van der Waals surface area contributed by atoms with Crippen molar-refractivity contribution >= 4 is 43.3 Å². The van der Waals surface area contributed by atoms with E-state index in [1.807, 2.05) is 26.0 Å². The van der Waals surface area contributed by atoms with Crippen molar-refractivity contribution in [1.82, 2.24) is 4.57 Å². The van der Waals surface area contributed by atoms with Crippen molar-refractivity contribution in [1.29, 1.82) is 0 Å². The van der Waals surface area contributed by atoms with Crippen LogP contribution in [0.3, 0.4) is 0 Å². The first-order valence-corrected chi connectivity index (χ1v) is 11.7. The van der Waals surface area contributed by atoms with Gasteiger partial charge in [-0.05, 0) is 43.2 Å². The molecule has 0 aliphatic rings. The maximum absolute atomic E-state index is 13.0. The van der Waals surface area contributed by atoms with Crippen LogP contribution >= 0.6 is 11.3 Å². The Kier molecular flexibility index (Phi) is 6.23. The highest BCUT2D eigenvalue weighted by atomic mass is 32.2. The van der Waals surface area contributed by atoms with Crippen LogP contribution in [0.15, 0.2) is 46.3 Å². The summed E-state index contributed by atoms with van der Waals surface area (Å²) >= 11 is 1.27. The lowest BCUT2D eigenvalue weighted by molar-refractivity contribution is -0.141. The topological polar surface area (TPSA) is 94.8 Å². The van der Waals surface area contributed by atoms with Crippen molar-refractivity contribution in [2.75, 3.05) is 12.9 Å². The first-order chi connectivity index (χ1) is 14.2. The molecule has 9 heteroatoms. The largest absolute Gasteiger partial charge is 0.468 e. The SMILES string of the molecule is CCS(=O)(=O)c1ccccc1C(=O)N=c1sc2c(C)cc(C)cc2n1CC(=O)OC. The summed E-state index contributed by atoms with van der Waals surface area (Å²) < 4.78 is 32.1. The van der Waals surface area contributed by atoms with Crippen LogP contribution in [-0.4, -0.2) is 37.7 Å². The van der Waals surface area contributed by atoms with E-state index in [1.165, 1.54) is 37.5 Å². The Hall–Kier alpha value is -2.78. The molecule has 1 heterocycles. The highest BCUT2D eigenvalue weighted by Crippen LogP contribution is 2.24. The fraction of sp³-hybridized carbons (Fsp3) is 0.286. The Morgan fingerprint density at radius 2 is 1.87 bits per heavy atom. The quantitative estimate of drug-likeness (QED) is 0.562. The van der Waals surface area contributed by atoms with E-state index in [9.17, 15) is 18.0 Å². The number of nitrogens with zero attached hydrogens (tertiary/aromatic N) is 2. The van der Waals surface area contributed by atoms with Gasteiger partial charge in [0.05, 0.1) is 33.5 Å². The summed E-state index contributed by atoms with van der Waals surface area (Å²) in [5.74, 6) is -1.28. The standard InChI is InChI=1S/C21H22N2O5S2/c1-5-30(26,27)17-9-7-6-8-15(17)20(25)22-21-23(12-18(24)28-4)16-11-13(2)10-14(3)19(16)29-21/h6-11H,5,12H2,1-4H3. The number of aromatic nitrogens is 1. The summed E-state index contributed by atoms with van der Waals surface area (Å²) in [5, 5.41) is 0. The van der Waals surface area contributed by atoms with E-state index in [2.05, 4.69) is 4.99 Å². The van der Waals surface area contributed by atoms with Gasteiger partial charge < -0.3 is 9.30 Å². The van der Waals surface area contributed by atoms with Crippen LogP contribution in [0.25, 0.3) is 10.2 Å². The van der Waals surface area contributed by atoms with E-state index < -0.39 is 21.7 Å². The fourth-order valence-corrected chi connectivity index (χ4v) is 5.33. The summed E-state index contributed by atoms with van der Waals surface area (Å²) in [6.45, 7) is 5.30. The molecular weight excluding hydrogens is 424 g/mol. The Balaban J connectivity index is 2.25. The minimum Gasteiger partial charge on any atom is -0.468 e. The number of esters is 1. The van der Waals surface area contributed by atoms with Crippen molar-refractivity contribution in [3.63, 3.8) is 0 Å². The second-order valence-electron chi connectivity index (χ2n) is 6.79. The molecule has 0 saturated carbocycles. The Labute approximate surface area is 178 Å². The van der Waals surface area contributed by atoms with Crippen LogP contribution in [0, 0.1) is 13.8 Å². The molecule has 7 nitrogen and oxygen atoms in total. The summed E-state index contributed by atoms with van der Waals surface area (Å²) in [7, 11) is -2.30. The van der Waals surface area contributed by atoms with E-state index in [0.29, 0.717) is 4.80 Å². The molecule has 0 fully saturated rings. The molecule has 0 aliphatic heterocycles. The molecule has 0 aliphatic carbocycles. The van der Waals surface area contributed by atoms with E-state index in [0.717, 1.165) is 21.3 Å². The van der Waals surface area contributed by atoms with Crippen molar-refractivity contribution in [2.45, 2.75) is 32.2 Å². The Morgan fingerprint density at radius 3 is 2.53 bits per heavy atom. The molecule has 0 spiro atoms. The smallest absolute Gasteiger partial charge is 0.325 e. The average Bonchev–Trinajstić information content (AvgIpc) is 3.05. The summed E-state index contributed by atoms with van der Waals surface area (Å²) in [6, 6.07) is 9.95. The zero-order chi connectivity index (χ0) is 22.1. The number of rotatable bonds is 5. The van der Waals surface area contributed by atoms with Crippen LogP contribution in [-0.2, 0) is 25.9 Å². The Morgan fingerprint density at radius 1 is 1.17 bits per heavy atom. The maximum Gasteiger partial charge on any atom is 0.325 e. The zero-order valence-corrected chi connectivity index (χ0v) is 18.8. The predicted molar refractivity (Wildman–Crippen MR) is 115 cm³/mol. The van der Waals surface area contributed by atoms with Crippen LogP contribution in [0.1, 0.15) is 28.4 Å². The summed E-state index contributed by atoms with van der Waals surface area (Å²) in [4.78, 5) is 29.4. The lowest BCUT2D eigenvalue weighted by Gasteiger charge is -2.07. The summed E-state index contributed by atoms with van der Waals surface area (Å²) in [5.41, 5.74) is 2.78. The molecule has 3 rings (SSSR count). The van der Waals surface area contributed by atoms with Crippen molar-refractivity contribution < 1.29 is 22.7 Å². The van der Waals surface area contributed by atoms with Gasteiger partial charge in [0.15, 0.2) is 14.6 Å². The number of thiazole rings is 1. The number of hydrogen-bond donors (Lipinski definition) is 0. The number of fused-ring (bicyclic) bond motifs is 1. The van der Waals surface area contributed by atoms with Crippen LogP contribution in [0.4, 0.5) is 0 Å². The van der Waals surface area contributed by atoms with Gasteiger partial charge in [-0.3, -0.25) is 9.59 Å². The number of carbonyl (C=O) groups is 2. The van der Waals surface area contributed by atoms with Crippen LogP contribution in [0.2, 0.25) is 0 Å². The molecule has 0 radical (unpaired) electrons.